The van der Waals surface area contributed by atoms with Crippen LogP contribution in [0.2, 0.25) is 0 Å². The van der Waals surface area contributed by atoms with Gasteiger partial charge in [0.15, 0.2) is 12.1 Å². The highest BCUT2D eigenvalue weighted by atomic mass is 16.5. The monoisotopic (exact) mass is 246 g/mol. The number of nitrogens with one attached hydrogen (secondary N) is 1. The van der Waals surface area contributed by atoms with Crippen LogP contribution in [0, 0.1) is 0 Å². The number of aromatic nitrogens is 2. The molecule has 3 N–H and O–H groups in total. The van der Waals surface area contributed by atoms with E-state index in [9.17, 15) is 4.79 Å². The fourth-order valence-corrected chi connectivity index (χ4v) is 1.59. The van der Waals surface area contributed by atoms with Crippen molar-refractivity contribution in [1.82, 2.24) is 10.1 Å². The highest BCUT2D eigenvalue weighted by molar-refractivity contribution is 5.99. The molecule has 1 heterocycles. The molecular formula is C12H14N4O2. The van der Waals surface area contributed by atoms with Crippen LogP contribution in [0.4, 0.5) is 11.4 Å². The van der Waals surface area contributed by atoms with Gasteiger partial charge < -0.3 is 15.6 Å². The molecular weight excluding hydrogens is 232 g/mol. The highest BCUT2D eigenvalue weighted by Crippen LogP contribution is 2.18. The van der Waals surface area contributed by atoms with E-state index in [1.165, 1.54) is 13.3 Å². The molecule has 0 aliphatic rings. The summed E-state index contributed by atoms with van der Waals surface area (Å²) in [6.45, 7) is 2.14. The molecule has 0 fully saturated rings. The maximum atomic E-state index is 11.3. The zero-order valence-electron chi connectivity index (χ0n) is 10.0. The second kappa shape index (κ2) is 5.31. The number of hydrogen-bond donors (Lipinski definition) is 2. The number of rotatable bonds is 5. The van der Waals surface area contributed by atoms with Gasteiger partial charge >= 0.3 is 0 Å². The van der Waals surface area contributed by atoms with Crippen LogP contribution in [0.15, 0.2) is 29.0 Å². The van der Waals surface area contributed by atoms with Crippen molar-refractivity contribution < 1.29 is 9.32 Å². The van der Waals surface area contributed by atoms with E-state index in [1.54, 1.807) is 12.1 Å². The van der Waals surface area contributed by atoms with Gasteiger partial charge in [-0.15, -0.1) is 0 Å². The Morgan fingerprint density at radius 2 is 2.33 bits per heavy atom. The summed E-state index contributed by atoms with van der Waals surface area (Å²) in [6, 6.07) is 5.28. The molecule has 0 radical (unpaired) electrons. The van der Waals surface area contributed by atoms with Gasteiger partial charge in [-0.2, -0.15) is 4.98 Å². The van der Waals surface area contributed by atoms with E-state index in [2.05, 4.69) is 15.5 Å². The van der Waals surface area contributed by atoms with Crippen LogP contribution in [0.5, 0.6) is 0 Å². The first-order valence-electron chi connectivity index (χ1n) is 5.56. The Morgan fingerprint density at radius 3 is 3.00 bits per heavy atom. The fourth-order valence-electron chi connectivity index (χ4n) is 1.59. The first-order chi connectivity index (χ1) is 8.66. The Bertz CT molecular complexity index is 537. The number of ketones is 1. The molecule has 94 valence electrons. The fraction of sp³-hybridized carbons (Fsp3) is 0.250. The normalized spacial score (nSPS) is 10.3. The summed E-state index contributed by atoms with van der Waals surface area (Å²) in [5.41, 5.74) is 7.57. The van der Waals surface area contributed by atoms with Crippen molar-refractivity contribution in [2.75, 3.05) is 17.6 Å². The Hall–Kier alpha value is -2.37. The average Bonchev–Trinajstić information content (AvgIpc) is 2.84. The summed E-state index contributed by atoms with van der Waals surface area (Å²) in [5.74, 6) is 0.526. The Kier molecular flexibility index (Phi) is 3.57. The molecule has 0 amide bonds. The van der Waals surface area contributed by atoms with Crippen LogP contribution in [0.25, 0.3) is 0 Å². The third kappa shape index (κ3) is 2.85. The van der Waals surface area contributed by atoms with Crippen molar-refractivity contribution in [3.63, 3.8) is 0 Å². The third-order valence-electron chi connectivity index (χ3n) is 2.51. The number of nitrogens with zero attached hydrogens (tertiary/aromatic N) is 2. The third-order valence-corrected chi connectivity index (χ3v) is 2.51. The van der Waals surface area contributed by atoms with Crippen molar-refractivity contribution in [1.29, 1.82) is 0 Å². The van der Waals surface area contributed by atoms with Gasteiger partial charge in [-0.1, -0.05) is 5.16 Å². The Balaban J connectivity index is 1.97. The van der Waals surface area contributed by atoms with Crippen molar-refractivity contribution in [3.8, 4) is 0 Å². The molecule has 0 saturated carbocycles. The molecule has 18 heavy (non-hydrogen) atoms. The predicted octanol–water partition coefficient (Wildman–Crippen LogP) is 1.51. The van der Waals surface area contributed by atoms with Crippen molar-refractivity contribution in [2.24, 2.45) is 0 Å². The second-order valence-corrected chi connectivity index (χ2v) is 3.87. The number of anilines is 2. The molecule has 6 heteroatoms. The van der Waals surface area contributed by atoms with Gasteiger partial charge in [0, 0.05) is 29.9 Å². The average molecular weight is 246 g/mol. The lowest BCUT2D eigenvalue weighted by Gasteiger charge is -2.08. The zero-order valence-corrected chi connectivity index (χ0v) is 10.0. The second-order valence-electron chi connectivity index (χ2n) is 3.87. The lowest BCUT2D eigenvalue weighted by molar-refractivity contribution is 0.101. The lowest BCUT2D eigenvalue weighted by Crippen LogP contribution is -2.07. The summed E-state index contributed by atoms with van der Waals surface area (Å²) >= 11 is 0. The van der Waals surface area contributed by atoms with Gasteiger partial charge in [-0.3, -0.25) is 4.79 Å². The zero-order chi connectivity index (χ0) is 13.0. The van der Waals surface area contributed by atoms with Crippen LogP contribution in [-0.4, -0.2) is 22.5 Å². The minimum atomic E-state index is -0.0481. The first kappa shape index (κ1) is 12.1. The Labute approximate surface area is 104 Å². The summed E-state index contributed by atoms with van der Waals surface area (Å²) < 4.78 is 4.88. The van der Waals surface area contributed by atoms with Gasteiger partial charge in [-0.05, 0) is 25.1 Å². The molecule has 0 spiro atoms. The SMILES string of the molecule is CC(=O)c1cc(NCCc2ncno2)ccc1N. The lowest BCUT2D eigenvalue weighted by atomic mass is 10.1. The predicted molar refractivity (Wildman–Crippen MR) is 67.4 cm³/mol. The highest BCUT2D eigenvalue weighted by Gasteiger charge is 2.06. The standard InChI is InChI=1S/C12H14N4O2/c1-8(17)10-6-9(2-3-11(10)13)14-5-4-12-15-7-16-18-12/h2-3,6-7,14H,4-5,13H2,1H3. The van der Waals surface area contributed by atoms with Gasteiger partial charge in [0.1, 0.15) is 0 Å². The quantitative estimate of drug-likeness (QED) is 0.613. The van der Waals surface area contributed by atoms with Gasteiger partial charge in [0.25, 0.3) is 0 Å². The summed E-state index contributed by atoms with van der Waals surface area (Å²) in [5, 5.41) is 6.69. The molecule has 0 aliphatic carbocycles. The van der Waals surface area contributed by atoms with E-state index in [1.807, 2.05) is 6.07 Å². The van der Waals surface area contributed by atoms with E-state index in [-0.39, 0.29) is 5.78 Å². The molecule has 0 unspecified atom stereocenters. The van der Waals surface area contributed by atoms with E-state index in [0.717, 1.165) is 5.69 Å². The molecule has 2 aromatic rings. The molecule has 1 aromatic carbocycles. The first-order valence-corrected chi connectivity index (χ1v) is 5.56. The summed E-state index contributed by atoms with van der Waals surface area (Å²) in [7, 11) is 0. The maximum absolute atomic E-state index is 11.3. The van der Waals surface area contributed by atoms with Crippen LogP contribution >= 0.6 is 0 Å². The van der Waals surface area contributed by atoms with E-state index < -0.39 is 0 Å². The van der Waals surface area contributed by atoms with Gasteiger partial charge in [0.2, 0.25) is 5.89 Å². The number of nitrogens with two attached hydrogens (primary N) is 1. The minimum absolute atomic E-state index is 0.0481. The van der Waals surface area contributed by atoms with Crippen molar-refractivity contribution >= 4 is 17.2 Å². The molecule has 1 aromatic heterocycles. The van der Waals surface area contributed by atoms with E-state index in [0.29, 0.717) is 30.1 Å². The molecule has 6 nitrogen and oxygen atoms in total. The van der Waals surface area contributed by atoms with Gasteiger partial charge in [0.05, 0.1) is 0 Å². The maximum Gasteiger partial charge on any atom is 0.228 e. The number of Topliss-reactive ketones (excluding diaryl/α,β-unsaturated/α-hetero) is 1. The minimum Gasteiger partial charge on any atom is -0.398 e. The summed E-state index contributed by atoms with van der Waals surface area (Å²) in [6.07, 6.45) is 1.99. The summed E-state index contributed by atoms with van der Waals surface area (Å²) in [4.78, 5) is 15.3. The number of carbonyl (C=O) groups is 1. The van der Waals surface area contributed by atoms with Crippen LogP contribution in [0.3, 0.4) is 0 Å². The largest absolute Gasteiger partial charge is 0.398 e. The molecule has 0 aliphatic heterocycles. The number of hydrogen-bond acceptors (Lipinski definition) is 6. The van der Waals surface area contributed by atoms with E-state index in [4.69, 9.17) is 10.3 Å². The molecule has 0 atom stereocenters. The molecule has 2 rings (SSSR count). The Morgan fingerprint density at radius 1 is 1.50 bits per heavy atom. The molecule has 0 bridgehead atoms. The molecule has 0 saturated heterocycles. The van der Waals surface area contributed by atoms with Crippen LogP contribution < -0.4 is 11.1 Å². The van der Waals surface area contributed by atoms with Crippen molar-refractivity contribution in [2.45, 2.75) is 13.3 Å². The number of carbonyl (C=O) groups excluding carboxylic acids is 1. The van der Waals surface area contributed by atoms with Gasteiger partial charge in [-0.25, -0.2) is 0 Å². The number of benzene rings is 1. The number of nitrogen functional groups attached to an aromatic ring is 1. The topological polar surface area (TPSA) is 94.0 Å². The smallest absolute Gasteiger partial charge is 0.228 e. The van der Waals surface area contributed by atoms with Crippen molar-refractivity contribution in [3.05, 3.63) is 36.0 Å². The van der Waals surface area contributed by atoms with Crippen LogP contribution in [0.1, 0.15) is 23.2 Å². The van der Waals surface area contributed by atoms with Crippen LogP contribution in [-0.2, 0) is 6.42 Å². The van der Waals surface area contributed by atoms with E-state index >= 15 is 0 Å².